The maximum atomic E-state index is 12.9. The van der Waals surface area contributed by atoms with Crippen molar-refractivity contribution < 1.29 is 9.53 Å². The Morgan fingerprint density at radius 1 is 1.10 bits per heavy atom. The Balaban J connectivity index is 1.61. The average Bonchev–Trinajstić information content (AvgIpc) is 3.19. The van der Waals surface area contributed by atoms with Crippen LogP contribution in [0.4, 0.5) is 0 Å². The lowest BCUT2D eigenvalue weighted by atomic mass is 10.0. The fourth-order valence-electron chi connectivity index (χ4n) is 3.87. The van der Waals surface area contributed by atoms with Gasteiger partial charge in [-0.05, 0) is 38.0 Å². The Hall–Kier alpha value is -3.67. The van der Waals surface area contributed by atoms with Crippen molar-refractivity contribution in [3.05, 3.63) is 93.9 Å². The molecule has 0 fully saturated rings. The Morgan fingerprint density at radius 2 is 1.90 bits per heavy atom. The summed E-state index contributed by atoms with van der Waals surface area (Å²) in [5.74, 6) is 0.534. The van der Waals surface area contributed by atoms with Crippen molar-refractivity contribution in [3.63, 3.8) is 0 Å². The molecule has 1 amide bonds. The Kier molecular flexibility index (Phi) is 5.71. The van der Waals surface area contributed by atoms with Crippen LogP contribution in [0.5, 0.6) is 5.75 Å². The molecule has 0 unspecified atom stereocenters. The lowest BCUT2D eigenvalue weighted by Crippen LogP contribution is -2.23. The molecule has 0 atom stereocenters. The van der Waals surface area contributed by atoms with Crippen LogP contribution in [0.3, 0.4) is 0 Å². The van der Waals surface area contributed by atoms with Gasteiger partial charge in [-0.1, -0.05) is 48.0 Å². The van der Waals surface area contributed by atoms with Crippen molar-refractivity contribution in [1.29, 1.82) is 0 Å². The van der Waals surface area contributed by atoms with Crippen LogP contribution in [-0.4, -0.2) is 27.6 Å². The summed E-state index contributed by atoms with van der Waals surface area (Å²) >= 11 is 0. The maximum Gasteiger partial charge on any atom is 0.257 e. The predicted molar refractivity (Wildman–Crippen MR) is 121 cm³/mol. The lowest BCUT2D eigenvalue weighted by Gasteiger charge is -2.12. The van der Waals surface area contributed by atoms with Gasteiger partial charge in [0.05, 0.1) is 13.3 Å². The molecule has 0 radical (unpaired) electrons. The third kappa shape index (κ3) is 4.14. The molecular formula is C25H26N4O2. The number of aromatic nitrogens is 3. The molecule has 0 aliphatic heterocycles. The number of ether oxygens (including phenoxy) is 1. The van der Waals surface area contributed by atoms with E-state index in [-0.39, 0.29) is 5.91 Å². The number of para-hydroxylation sites is 1. The summed E-state index contributed by atoms with van der Waals surface area (Å²) in [5, 5.41) is 7.41. The molecule has 6 heteroatoms. The van der Waals surface area contributed by atoms with E-state index in [1.165, 1.54) is 11.1 Å². The highest BCUT2D eigenvalue weighted by Gasteiger charge is 2.18. The fraction of sp³-hybridized carbons (Fsp3) is 0.240. The second-order valence-corrected chi connectivity index (χ2v) is 7.72. The number of nitrogens with one attached hydrogen (secondary N) is 1. The average molecular weight is 415 g/mol. The quantitative estimate of drug-likeness (QED) is 0.514. The van der Waals surface area contributed by atoms with Crippen molar-refractivity contribution >= 4 is 11.6 Å². The van der Waals surface area contributed by atoms with Crippen molar-refractivity contribution in [1.82, 2.24) is 19.9 Å². The number of hydrogen-bond donors (Lipinski definition) is 1. The molecular weight excluding hydrogens is 388 g/mol. The number of hydrogen-bond acceptors (Lipinski definition) is 4. The van der Waals surface area contributed by atoms with Gasteiger partial charge >= 0.3 is 0 Å². The second kappa shape index (κ2) is 8.60. The highest BCUT2D eigenvalue weighted by molar-refractivity contribution is 5.99. The van der Waals surface area contributed by atoms with Crippen LogP contribution in [0.15, 0.2) is 54.7 Å². The molecule has 31 heavy (non-hydrogen) atoms. The maximum absolute atomic E-state index is 12.9. The molecule has 6 nitrogen and oxygen atoms in total. The third-order valence-electron chi connectivity index (χ3n) is 5.55. The Morgan fingerprint density at radius 3 is 2.68 bits per heavy atom. The highest BCUT2D eigenvalue weighted by atomic mass is 16.5. The highest BCUT2D eigenvalue weighted by Crippen LogP contribution is 2.21. The Bertz CT molecular complexity index is 1260. The molecule has 0 spiro atoms. The van der Waals surface area contributed by atoms with Gasteiger partial charge in [-0.15, -0.1) is 0 Å². The number of amides is 1. The van der Waals surface area contributed by atoms with Gasteiger partial charge in [0.2, 0.25) is 0 Å². The SMILES string of the molecule is COc1ccccc1CNC(=O)c1cnn2c(C)c(Cc3cccc(C)c3)c(C)nc12. The van der Waals surface area contributed by atoms with Gasteiger partial charge in [0.25, 0.3) is 5.91 Å². The first-order valence-electron chi connectivity index (χ1n) is 10.3. The molecule has 4 rings (SSSR count). The number of rotatable bonds is 6. The van der Waals surface area contributed by atoms with Gasteiger partial charge in [-0.25, -0.2) is 9.50 Å². The van der Waals surface area contributed by atoms with Crippen LogP contribution in [-0.2, 0) is 13.0 Å². The number of nitrogens with zero attached hydrogens (tertiary/aromatic N) is 3. The predicted octanol–water partition coefficient (Wildman–Crippen LogP) is 4.18. The van der Waals surface area contributed by atoms with Gasteiger partial charge in [0, 0.05) is 29.9 Å². The smallest absolute Gasteiger partial charge is 0.257 e. The second-order valence-electron chi connectivity index (χ2n) is 7.72. The van der Waals surface area contributed by atoms with Gasteiger partial charge < -0.3 is 10.1 Å². The third-order valence-corrected chi connectivity index (χ3v) is 5.55. The first-order chi connectivity index (χ1) is 15.0. The monoisotopic (exact) mass is 414 g/mol. The van der Waals surface area contributed by atoms with Crippen LogP contribution in [0.2, 0.25) is 0 Å². The summed E-state index contributed by atoms with van der Waals surface area (Å²) < 4.78 is 7.12. The zero-order valence-corrected chi connectivity index (χ0v) is 18.3. The van der Waals surface area contributed by atoms with Crippen molar-refractivity contribution in [2.75, 3.05) is 7.11 Å². The molecule has 0 aliphatic carbocycles. The lowest BCUT2D eigenvalue weighted by molar-refractivity contribution is 0.0952. The zero-order chi connectivity index (χ0) is 22.0. The summed E-state index contributed by atoms with van der Waals surface area (Å²) in [6.45, 7) is 6.47. The van der Waals surface area contributed by atoms with Crippen molar-refractivity contribution in [2.45, 2.75) is 33.7 Å². The van der Waals surface area contributed by atoms with E-state index in [2.05, 4.69) is 41.6 Å². The topological polar surface area (TPSA) is 68.5 Å². The van der Waals surface area contributed by atoms with Gasteiger partial charge in [0.1, 0.15) is 11.3 Å². The molecule has 2 aromatic heterocycles. The summed E-state index contributed by atoms with van der Waals surface area (Å²) in [6.07, 6.45) is 2.36. The van der Waals surface area contributed by atoms with Crippen LogP contribution in [0, 0.1) is 20.8 Å². The van der Waals surface area contributed by atoms with Gasteiger partial charge in [0.15, 0.2) is 5.65 Å². The number of fused-ring (bicyclic) bond motifs is 1. The summed E-state index contributed by atoms with van der Waals surface area (Å²) in [6, 6.07) is 16.1. The minimum atomic E-state index is -0.210. The molecule has 158 valence electrons. The standard InChI is InChI=1S/C25H26N4O2/c1-16-8-7-9-19(12-16)13-21-17(2)28-24-22(15-27-29(24)18(21)3)25(30)26-14-20-10-5-6-11-23(20)31-4/h5-12,15H,13-14H2,1-4H3,(H,26,30). The minimum Gasteiger partial charge on any atom is -0.496 e. The normalized spacial score (nSPS) is 11.0. The fourth-order valence-corrected chi connectivity index (χ4v) is 3.87. The molecule has 0 saturated heterocycles. The molecule has 0 bridgehead atoms. The number of carbonyl (C=O) groups excluding carboxylic acids is 1. The summed E-state index contributed by atoms with van der Waals surface area (Å²) in [5.41, 5.74) is 7.43. The van der Waals surface area contributed by atoms with Crippen LogP contribution < -0.4 is 10.1 Å². The van der Waals surface area contributed by atoms with Gasteiger partial charge in [-0.3, -0.25) is 4.79 Å². The van der Waals surface area contributed by atoms with E-state index in [1.54, 1.807) is 17.8 Å². The van der Waals surface area contributed by atoms with E-state index in [0.717, 1.165) is 34.7 Å². The van der Waals surface area contributed by atoms with E-state index in [0.29, 0.717) is 17.8 Å². The van der Waals surface area contributed by atoms with E-state index >= 15 is 0 Å². The molecule has 0 saturated carbocycles. The Labute approximate surface area is 181 Å². The largest absolute Gasteiger partial charge is 0.496 e. The first-order valence-corrected chi connectivity index (χ1v) is 10.3. The van der Waals surface area contributed by atoms with E-state index in [9.17, 15) is 4.79 Å². The van der Waals surface area contributed by atoms with E-state index in [1.807, 2.05) is 38.1 Å². The van der Waals surface area contributed by atoms with E-state index in [4.69, 9.17) is 9.72 Å². The summed E-state index contributed by atoms with van der Waals surface area (Å²) in [4.78, 5) is 17.6. The van der Waals surface area contributed by atoms with E-state index < -0.39 is 0 Å². The van der Waals surface area contributed by atoms with Gasteiger partial charge in [-0.2, -0.15) is 5.10 Å². The first kappa shape index (κ1) is 20.6. The van der Waals surface area contributed by atoms with Crippen LogP contribution in [0.1, 0.15) is 44.0 Å². The van der Waals surface area contributed by atoms with Crippen molar-refractivity contribution in [3.8, 4) is 5.75 Å². The van der Waals surface area contributed by atoms with Crippen LogP contribution in [0.25, 0.3) is 5.65 Å². The molecule has 2 heterocycles. The molecule has 2 aromatic carbocycles. The number of benzene rings is 2. The minimum absolute atomic E-state index is 0.210. The molecule has 1 N–H and O–H groups in total. The summed E-state index contributed by atoms with van der Waals surface area (Å²) in [7, 11) is 1.62. The number of carbonyl (C=O) groups is 1. The van der Waals surface area contributed by atoms with Crippen LogP contribution >= 0.6 is 0 Å². The number of methoxy groups -OCH3 is 1. The molecule has 0 aliphatic rings. The molecule has 4 aromatic rings. The van der Waals surface area contributed by atoms with Crippen molar-refractivity contribution in [2.24, 2.45) is 0 Å². The zero-order valence-electron chi connectivity index (χ0n) is 18.3. The number of aryl methyl sites for hydroxylation is 3.